The van der Waals surface area contributed by atoms with Crippen LogP contribution in [0.1, 0.15) is 40.7 Å². The Morgan fingerprint density at radius 2 is 1.92 bits per heavy atom. The van der Waals surface area contributed by atoms with Crippen molar-refractivity contribution in [1.29, 1.82) is 0 Å². The SMILES string of the molecule is C=NC(=NC(=NCCCN(C)C)C(C)c1cncc(C(=O)NCc2ccccc2)c1)Nc1ccc(F)c(Cl)c1. The van der Waals surface area contributed by atoms with Gasteiger partial charge in [-0.2, -0.15) is 4.99 Å². The average Bonchev–Trinajstić information content (AvgIpc) is 2.94. The highest BCUT2D eigenvalue weighted by Crippen LogP contribution is 2.21. The van der Waals surface area contributed by atoms with Crippen molar-refractivity contribution in [2.45, 2.75) is 25.8 Å². The summed E-state index contributed by atoms with van der Waals surface area (Å²) in [6.07, 6.45) is 4.05. The standard InChI is InChI=1S/C29H33ClFN7O/c1-20(22-15-23(19-33-18-22)28(39)35-17-21-9-6-5-7-10-21)27(34-13-8-14-38(3)4)37-29(32-2)36-24-11-12-26(31)25(30)16-24/h5-7,9-12,15-16,18-20H,2,8,13-14,17H2,1,3-4H3,(H,35,39)(H,34,36,37). The van der Waals surface area contributed by atoms with Crippen molar-refractivity contribution in [2.24, 2.45) is 15.0 Å². The summed E-state index contributed by atoms with van der Waals surface area (Å²) < 4.78 is 13.6. The normalized spacial score (nSPS) is 12.8. The maximum absolute atomic E-state index is 13.6. The second-order valence-electron chi connectivity index (χ2n) is 9.14. The summed E-state index contributed by atoms with van der Waals surface area (Å²) in [5.74, 6) is -0.393. The third-order valence-corrected chi connectivity index (χ3v) is 6.08. The highest BCUT2D eigenvalue weighted by molar-refractivity contribution is 6.31. The van der Waals surface area contributed by atoms with E-state index in [9.17, 15) is 9.18 Å². The van der Waals surface area contributed by atoms with Gasteiger partial charge in [0.15, 0.2) is 0 Å². The molecule has 0 saturated heterocycles. The van der Waals surface area contributed by atoms with Crippen molar-refractivity contribution in [3.8, 4) is 0 Å². The number of amidine groups is 1. The molecule has 0 saturated carbocycles. The molecule has 0 fully saturated rings. The number of anilines is 1. The molecule has 1 heterocycles. The lowest BCUT2D eigenvalue weighted by Gasteiger charge is -2.15. The number of nitrogens with zero attached hydrogens (tertiary/aromatic N) is 5. The number of aliphatic imine (C=N–C) groups is 3. The minimum Gasteiger partial charge on any atom is -0.348 e. The van der Waals surface area contributed by atoms with Gasteiger partial charge >= 0.3 is 0 Å². The van der Waals surface area contributed by atoms with Crippen LogP contribution in [0.4, 0.5) is 10.1 Å². The predicted octanol–water partition coefficient (Wildman–Crippen LogP) is 5.43. The number of guanidine groups is 1. The largest absolute Gasteiger partial charge is 0.348 e. The lowest BCUT2D eigenvalue weighted by molar-refractivity contribution is 0.0950. The smallest absolute Gasteiger partial charge is 0.253 e. The van der Waals surface area contributed by atoms with E-state index < -0.39 is 5.82 Å². The van der Waals surface area contributed by atoms with Crippen LogP contribution in [-0.2, 0) is 6.54 Å². The van der Waals surface area contributed by atoms with Gasteiger partial charge in [0, 0.05) is 37.1 Å². The number of nitrogens with one attached hydrogen (secondary N) is 2. The van der Waals surface area contributed by atoms with Crippen molar-refractivity contribution < 1.29 is 9.18 Å². The Morgan fingerprint density at radius 3 is 2.62 bits per heavy atom. The van der Waals surface area contributed by atoms with Crippen LogP contribution in [0.25, 0.3) is 0 Å². The molecule has 8 nitrogen and oxygen atoms in total. The molecule has 10 heteroatoms. The molecule has 0 aliphatic rings. The fraction of sp³-hybridized carbons (Fsp3) is 0.276. The highest BCUT2D eigenvalue weighted by atomic mass is 35.5. The van der Waals surface area contributed by atoms with Crippen LogP contribution in [0, 0.1) is 5.82 Å². The lowest BCUT2D eigenvalue weighted by atomic mass is 10.00. The first-order valence-electron chi connectivity index (χ1n) is 12.5. The van der Waals surface area contributed by atoms with Gasteiger partial charge in [-0.3, -0.25) is 14.8 Å². The zero-order valence-corrected chi connectivity index (χ0v) is 23.1. The van der Waals surface area contributed by atoms with E-state index in [-0.39, 0.29) is 22.8 Å². The molecule has 204 valence electrons. The van der Waals surface area contributed by atoms with Crippen LogP contribution in [0.5, 0.6) is 0 Å². The molecule has 0 aliphatic heterocycles. The third-order valence-electron chi connectivity index (χ3n) is 5.79. The zero-order chi connectivity index (χ0) is 28.2. The van der Waals surface area contributed by atoms with Crippen LogP contribution < -0.4 is 10.6 Å². The first kappa shape index (κ1) is 29.6. The molecule has 3 aromatic rings. The van der Waals surface area contributed by atoms with Gasteiger partial charge < -0.3 is 15.5 Å². The highest BCUT2D eigenvalue weighted by Gasteiger charge is 2.17. The Labute approximate surface area is 233 Å². The number of hydrogen-bond acceptors (Lipinski definition) is 4. The molecular formula is C29H33ClFN7O. The van der Waals surface area contributed by atoms with Crippen LogP contribution >= 0.6 is 11.6 Å². The maximum atomic E-state index is 13.6. The number of rotatable bonds is 10. The van der Waals surface area contributed by atoms with Crippen LogP contribution in [0.2, 0.25) is 5.02 Å². The van der Waals surface area contributed by atoms with Gasteiger partial charge in [-0.05, 0) is 69.2 Å². The minimum absolute atomic E-state index is 0.0252. The molecule has 0 bridgehead atoms. The van der Waals surface area contributed by atoms with Gasteiger partial charge in [0.05, 0.1) is 10.6 Å². The molecular weight excluding hydrogens is 517 g/mol. The van der Waals surface area contributed by atoms with Crippen LogP contribution in [-0.4, -0.2) is 61.5 Å². The van der Waals surface area contributed by atoms with E-state index in [1.807, 2.05) is 51.4 Å². The summed E-state index contributed by atoms with van der Waals surface area (Å²) >= 11 is 5.92. The number of halogens is 2. The first-order chi connectivity index (χ1) is 18.8. The molecule has 0 aliphatic carbocycles. The Kier molecular flexibility index (Phi) is 11.3. The molecule has 0 spiro atoms. The van der Waals surface area contributed by atoms with E-state index >= 15 is 0 Å². The quantitative estimate of drug-likeness (QED) is 0.200. The number of carbonyl (C=O) groups is 1. The number of hydrogen-bond donors (Lipinski definition) is 2. The van der Waals surface area contributed by atoms with Gasteiger partial charge in [-0.25, -0.2) is 9.38 Å². The molecule has 1 amide bonds. The molecule has 0 radical (unpaired) electrons. The summed E-state index contributed by atoms with van der Waals surface area (Å²) in [6.45, 7) is 7.36. The lowest BCUT2D eigenvalue weighted by Crippen LogP contribution is -2.23. The van der Waals surface area contributed by atoms with Crippen LogP contribution in [0.3, 0.4) is 0 Å². The number of carbonyl (C=O) groups excluding carboxylic acids is 1. The Morgan fingerprint density at radius 1 is 1.15 bits per heavy atom. The van der Waals surface area contributed by atoms with Crippen LogP contribution in [0.15, 0.2) is 82.0 Å². The van der Waals surface area contributed by atoms with Gasteiger partial charge in [0.1, 0.15) is 11.7 Å². The Balaban J connectivity index is 1.83. The first-order valence-corrected chi connectivity index (χ1v) is 12.9. The fourth-order valence-electron chi connectivity index (χ4n) is 3.61. The number of amides is 1. The second kappa shape index (κ2) is 14.8. The van der Waals surface area contributed by atoms with Gasteiger partial charge in [0.25, 0.3) is 5.91 Å². The average molecular weight is 550 g/mol. The number of aromatic nitrogens is 1. The Bertz CT molecular complexity index is 1330. The van der Waals surface area contributed by atoms with E-state index in [0.29, 0.717) is 30.2 Å². The summed E-state index contributed by atoms with van der Waals surface area (Å²) in [6, 6.07) is 15.7. The minimum atomic E-state index is -0.524. The van der Waals surface area contributed by atoms with E-state index in [1.165, 1.54) is 24.4 Å². The monoisotopic (exact) mass is 549 g/mol. The van der Waals surface area contributed by atoms with Crippen molar-refractivity contribution in [3.05, 3.63) is 94.5 Å². The molecule has 3 rings (SSSR count). The summed E-state index contributed by atoms with van der Waals surface area (Å²) in [5, 5.41) is 5.91. The molecule has 2 aromatic carbocycles. The predicted molar refractivity (Wildman–Crippen MR) is 158 cm³/mol. The molecule has 39 heavy (non-hydrogen) atoms. The summed E-state index contributed by atoms with van der Waals surface area (Å²) in [4.78, 5) is 32.6. The van der Waals surface area contributed by atoms with Crippen molar-refractivity contribution in [3.63, 3.8) is 0 Å². The fourth-order valence-corrected chi connectivity index (χ4v) is 3.79. The topological polar surface area (TPSA) is 94.3 Å². The van der Waals surface area contributed by atoms with Gasteiger partial charge in [0.2, 0.25) is 5.96 Å². The maximum Gasteiger partial charge on any atom is 0.253 e. The van der Waals surface area contributed by atoms with Gasteiger partial charge in [-0.15, -0.1) is 0 Å². The summed E-state index contributed by atoms with van der Waals surface area (Å²) in [7, 11) is 4.01. The molecule has 2 N–H and O–H groups in total. The van der Waals surface area contributed by atoms with E-state index in [0.717, 1.165) is 24.1 Å². The van der Waals surface area contributed by atoms with E-state index in [1.54, 1.807) is 12.3 Å². The third kappa shape index (κ3) is 9.38. The number of pyridine rings is 1. The van der Waals surface area contributed by atoms with E-state index in [4.69, 9.17) is 16.6 Å². The second-order valence-corrected chi connectivity index (χ2v) is 9.55. The Hall–Kier alpha value is -3.95. The molecule has 1 aromatic heterocycles. The van der Waals surface area contributed by atoms with Crippen molar-refractivity contribution >= 4 is 41.7 Å². The molecule has 1 atom stereocenters. The summed E-state index contributed by atoms with van der Waals surface area (Å²) in [5.41, 5.74) is 2.72. The number of benzene rings is 2. The zero-order valence-electron chi connectivity index (χ0n) is 22.4. The van der Waals surface area contributed by atoms with Crippen molar-refractivity contribution in [1.82, 2.24) is 15.2 Å². The van der Waals surface area contributed by atoms with Crippen molar-refractivity contribution in [2.75, 3.05) is 32.5 Å². The molecule has 1 unspecified atom stereocenters. The van der Waals surface area contributed by atoms with E-state index in [2.05, 4.69) is 37.2 Å². The van der Waals surface area contributed by atoms with Gasteiger partial charge in [-0.1, -0.05) is 48.9 Å².